The number of hydrogen-bond donors (Lipinski definition) is 2. The second kappa shape index (κ2) is 6.55. The van der Waals surface area contributed by atoms with E-state index in [0.29, 0.717) is 12.5 Å². The number of halogens is 2. The number of hydrogen-bond acceptors (Lipinski definition) is 3. The van der Waals surface area contributed by atoms with Gasteiger partial charge >= 0.3 is 5.97 Å². The van der Waals surface area contributed by atoms with E-state index in [9.17, 15) is 13.6 Å². The van der Waals surface area contributed by atoms with Crippen molar-refractivity contribution in [2.45, 2.75) is 43.7 Å². The molecule has 2 heterocycles. The number of nitrogens with one attached hydrogen (secondary N) is 1. The van der Waals surface area contributed by atoms with Crippen LogP contribution in [0.25, 0.3) is 0 Å². The second-order valence-electron chi connectivity index (χ2n) is 8.00. The molecule has 3 atom stereocenters. The first-order valence-corrected chi connectivity index (χ1v) is 9.77. The van der Waals surface area contributed by atoms with Gasteiger partial charge < -0.3 is 15.2 Å². The van der Waals surface area contributed by atoms with E-state index in [1.54, 1.807) is 0 Å². The zero-order valence-electron chi connectivity index (χ0n) is 15.3. The Morgan fingerprint density at radius 2 is 1.86 bits per heavy atom. The number of benzene rings is 2. The van der Waals surface area contributed by atoms with Crippen molar-refractivity contribution >= 4 is 11.7 Å². The van der Waals surface area contributed by atoms with E-state index < -0.39 is 23.6 Å². The fourth-order valence-corrected chi connectivity index (χ4v) is 4.65. The molecule has 1 saturated carbocycles. The molecule has 6 heteroatoms. The van der Waals surface area contributed by atoms with Crippen LogP contribution in [-0.4, -0.2) is 17.7 Å². The Kier molecular flexibility index (Phi) is 4.12. The highest BCUT2D eigenvalue weighted by Gasteiger charge is 2.42. The molecule has 5 rings (SSSR count). The average molecular weight is 385 g/mol. The summed E-state index contributed by atoms with van der Waals surface area (Å²) in [5.41, 5.74) is 2.70. The van der Waals surface area contributed by atoms with Crippen molar-refractivity contribution < 1.29 is 23.4 Å². The standard InChI is InChI=1S/C22H21F2NO3/c23-16-9-13(22(26)27)10-17(24)19(16)20-14-2-1-7-28-21(14)15-8-12(11-3-4-11)5-6-18(15)25-20/h5-6,8-11,14,20-21,25H,1-4,7H2,(H,26,27)/t14-,20+,21-/m1/s1. The SMILES string of the molecule is O=C(O)c1cc(F)c([C@H]2Nc3ccc(C4CC4)cc3[C@@H]3OCCC[C@H]23)c(F)c1. The van der Waals surface area contributed by atoms with E-state index in [2.05, 4.69) is 17.4 Å². The third-order valence-corrected chi connectivity index (χ3v) is 6.18. The van der Waals surface area contributed by atoms with Gasteiger partial charge in [0.25, 0.3) is 0 Å². The van der Waals surface area contributed by atoms with Crippen LogP contribution < -0.4 is 5.32 Å². The van der Waals surface area contributed by atoms with Crippen LogP contribution in [0.2, 0.25) is 0 Å². The third kappa shape index (κ3) is 2.87. The van der Waals surface area contributed by atoms with Crippen LogP contribution in [-0.2, 0) is 4.74 Å². The molecule has 2 aliphatic heterocycles. The van der Waals surface area contributed by atoms with Crippen LogP contribution in [0.15, 0.2) is 30.3 Å². The smallest absolute Gasteiger partial charge is 0.335 e. The normalized spacial score (nSPS) is 26.1. The first-order chi connectivity index (χ1) is 13.5. The maximum absolute atomic E-state index is 14.8. The van der Waals surface area contributed by atoms with Crippen molar-refractivity contribution in [3.8, 4) is 0 Å². The summed E-state index contributed by atoms with van der Waals surface area (Å²) >= 11 is 0. The summed E-state index contributed by atoms with van der Waals surface area (Å²) in [4.78, 5) is 11.1. The van der Waals surface area contributed by atoms with Crippen molar-refractivity contribution in [3.05, 3.63) is 64.2 Å². The lowest BCUT2D eigenvalue weighted by atomic mass is 9.76. The van der Waals surface area contributed by atoms with Crippen LogP contribution in [0.3, 0.4) is 0 Å². The molecule has 28 heavy (non-hydrogen) atoms. The molecule has 0 bridgehead atoms. The molecule has 146 valence electrons. The Balaban J connectivity index is 1.58. The minimum Gasteiger partial charge on any atom is -0.478 e. The van der Waals surface area contributed by atoms with E-state index in [-0.39, 0.29) is 23.1 Å². The van der Waals surface area contributed by atoms with Crippen LogP contribution >= 0.6 is 0 Å². The first kappa shape index (κ1) is 17.6. The lowest BCUT2D eigenvalue weighted by Gasteiger charge is -2.43. The molecule has 2 N–H and O–H groups in total. The number of anilines is 1. The molecule has 0 amide bonds. The van der Waals surface area contributed by atoms with E-state index in [0.717, 1.165) is 36.2 Å². The molecule has 1 aliphatic carbocycles. The quantitative estimate of drug-likeness (QED) is 0.765. The Hall–Kier alpha value is -2.47. The molecule has 1 saturated heterocycles. The molecular weight excluding hydrogens is 364 g/mol. The van der Waals surface area contributed by atoms with Crippen molar-refractivity contribution in [2.75, 3.05) is 11.9 Å². The van der Waals surface area contributed by atoms with Crippen LogP contribution in [0.4, 0.5) is 14.5 Å². The maximum atomic E-state index is 14.8. The highest BCUT2D eigenvalue weighted by molar-refractivity contribution is 5.87. The number of carbonyl (C=O) groups is 1. The molecule has 2 aromatic rings. The first-order valence-electron chi connectivity index (χ1n) is 9.77. The minimum absolute atomic E-state index is 0.109. The fraction of sp³-hybridized carbons (Fsp3) is 0.409. The zero-order valence-corrected chi connectivity index (χ0v) is 15.3. The van der Waals surface area contributed by atoms with Crippen LogP contribution in [0.1, 0.15) is 70.8 Å². The van der Waals surface area contributed by atoms with Gasteiger partial charge in [0.1, 0.15) is 11.6 Å². The summed E-state index contributed by atoms with van der Waals surface area (Å²) < 4.78 is 35.6. The lowest BCUT2D eigenvalue weighted by Crippen LogP contribution is -2.37. The van der Waals surface area contributed by atoms with Gasteiger partial charge in [0.05, 0.1) is 17.7 Å². The summed E-state index contributed by atoms with van der Waals surface area (Å²) in [6.45, 7) is 0.629. The van der Waals surface area contributed by atoms with Gasteiger partial charge in [-0.3, -0.25) is 0 Å². The van der Waals surface area contributed by atoms with E-state index in [1.807, 2.05) is 6.07 Å². The largest absolute Gasteiger partial charge is 0.478 e. The number of rotatable bonds is 3. The molecule has 0 aromatic heterocycles. The molecule has 2 aromatic carbocycles. The Morgan fingerprint density at radius 3 is 2.54 bits per heavy atom. The summed E-state index contributed by atoms with van der Waals surface area (Å²) in [7, 11) is 0. The summed E-state index contributed by atoms with van der Waals surface area (Å²) in [6.07, 6.45) is 3.81. The van der Waals surface area contributed by atoms with Crippen molar-refractivity contribution in [1.29, 1.82) is 0 Å². The van der Waals surface area contributed by atoms with Crippen LogP contribution in [0, 0.1) is 17.6 Å². The van der Waals surface area contributed by atoms with Gasteiger partial charge in [-0.25, -0.2) is 13.6 Å². The Labute approximate surface area is 161 Å². The van der Waals surface area contributed by atoms with Gasteiger partial charge in [0, 0.05) is 29.3 Å². The van der Waals surface area contributed by atoms with Gasteiger partial charge in [-0.1, -0.05) is 12.1 Å². The molecule has 2 fully saturated rings. The molecule has 0 radical (unpaired) electrons. The highest BCUT2D eigenvalue weighted by Crippen LogP contribution is 2.51. The van der Waals surface area contributed by atoms with Crippen molar-refractivity contribution in [2.24, 2.45) is 5.92 Å². The van der Waals surface area contributed by atoms with E-state index in [1.165, 1.54) is 18.4 Å². The third-order valence-electron chi connectivity index (χ3n) is 6.18. The molecule has 3 aliphatic rings. The Bertz CT molecular complexity index is 934. The molecule has 0 spiro atoms. The van der Waals surface area contributed by atoms with Gasteiger partial charge in [-0.05, 0) is 55.4 Å². The van der Waals surface area contributed by atoms with Gasteiger partial charge in [0.2, 0.25) is 0 Å². The zero-order chi connectivity index (χ0) is 19.4. The number of aromatic carboxylic acids is 1. The average Bonchev–Trinajstić information content (AvgIpc) is 3.52. The fourth-order valence-electron chi connectivity index (χ4n) is 4.65. The molecule has 0 unspecified atom stereocenters. The highest BCUT2D eigenvalue weighted by atomic mass is 19.1. The van der Waals surface area contributed by atoms with Crippen LogP contribution in [0.5, 0.6) is 0 Å². The summed E-state index contributed by atoms with van der Waals surface area (Å²) in [5, 5.41) is 12.4. The van der Waals surface area contributed by atoms with Gasteiger partial charge in [-0.15, -0.1) is 0 Å². The number of fused-ring (bicyclic) bond motifs is 3. The van der Waals surface area contributed by atoms with Gasteiger partial charge in [-0.2, -0.15) is 0 Å². The summed E-state index contributed by atoms with van der Waals surface area (Å²) in [5.74, 6) is -2.52. The number of ether oxygens (including phenoxy) is 1. The van der Waals surface area contributed by atoms with Gasteiger partial charge in [0.15, 0.2) is 0 Å². The lowest BCUT2D eigenvalue weighted by molar-refractivity contribution is -0.0388. The molecule has 4 nitrogen and oxygen atoms in total. The molecular formula is C22H21F2NO3. The minimum atomic E-state index is -1.35. The van der Waals surface area contributed by atoms with Crippen molar-refractivity contribution in [1.82, 2.24) is 0 Å². The van der Waals surface area contributed by atoms with E-state index >= 15 is 0 Å². The second-order valence-corrected chi connectivity index (χ2v) is 8.00. The number of carboxylic acids is 1. The van der Waals surface area contributed by atoms with Crippen molar-refractivity contribution in [3.63, 3.8) is 0 Å². The Morgan fingerprint density at radius 1 is 1.11 bits per heavy atom. The maximum Gasteiger partial charge on any atom is 0.335 e. The monoisotopic (exact) mass is 385 g/mol. The summed E-state index contributed by atoms with van der Waals surface area (Å²) in [6, 6.07) is 7.42. The van der Waals surface area contributed by atoms with E-state index in [4.69, 9.17) is 9.84 Å². The number of carboxylic acid groups (broad SMARTS) is 1. The predicted molar refractivity (Wildman–Crippen MR) is 99.5 cm³/mol. The topological polar surface area (TPSA) is 58.6 Å². The predicted octanol–water partition coefficient (Wildman–Crippen LogP) is 5.17.